The van der Waals surface area contributed by atoms with Gasteiger partial charge in [0.1, 0.15) is 11.9 Å². The number of aryl methyl sites for hydroxylation is 1. The van der Waals surface area contributed by atoms with Gasteiger partial charge in [0.2, 0.25) is 21.8 Å². The second-order valence-corrected chi connectivity index (χ2v) is 10.7. The zero-order valence-electron chi connectivity index (χ0n) is 20.9. The molecule has 0 heterocycles. The molecule has 9 heteroatoms. The fourth-order valence-electron chi connectivity index (χ4n) is 3.50. The molecule has 0 aliphatic heterocycles. The summed E-state index contributed by atoms with van der Waals surface area (Å²) in [4.78, 5) is 27.6. The summed E-state index contributed by atoms with van der Waals surface area (Å²) in [5.41, 5.74) is 1.53. The predicted octanol–water partition coefficient (Wildman–Crippen LogP) is 3.64. The van der Waals surface area contributed by atoms with Crippen molar-refractivity contribution in [1.29, 1.82) is 0 Å². The van der Waals surface area contributed by atoms with Crippen molar-refractivity contribution in [2.24, 2.45) is 5.92 Å². The lowest BCUT2D eigenvalue weighted by Crippen LogP contribution is -2.48. The molecule has 192 valence electrons. The van der Waals surface area contributed by atoms with Crippen molar-refractivity contribution < 1.29 is 22.4 Å². The van der Waals surface area contributed by atoms with Gasteiger partial charge in [-0.25, -0.2) is 17.5 Å². The van der Waals surface area contributed by atoms with Crippen LogP contribution in [0.15, 0.2) is 53.4 Å². The van der Waals surface area contributed by atoms with E-state index in [9.17, 15) is 22.4 Å². The Bertz CT molecular complexity index is 1070. The van der Waals surface area contributed by atoms with Gasteiger partial charge in [-0.15, -0.1) is 0 Å². The molecule has 0 radical (unpaired) electrons. The standard InChI is InChI=1S/C26H36FN3O4S/c1-5-29-35(33,34)24-13-8-21(9-14-24)10-15-25(31)30(18-22-6-11-23(27)12-7-22)20(4)26(32)28-17-16-19(2)3/h6-9,11-14,19-20,29H,5,10,15-18H2,1-4H3,(H,28,32). The van der Waals surface area contributed by atoms with Crippen LogP contribution in [0.25, 0.3) is 0 Å². The van der Waals surface area contributed by atoms with Gasteiger partial charge < -0.3 is 10.2 Å². The fourth-order valence-corrected chi connectivity index (χ4v) is 4.55. The second-order valence-electron chi connectivity index (χ2n) is 8.94. The Morgan fingerprint density at radius 2 is 1.57 bits per heavy atom. The van der Waals surface area contributed by atoms with E-state index < -0.39 is 16.1 Å². The highest BCUT2D eigenvalue weighted by Crippen LogP contribution is 2.16. The topological polar surface area (TPSA) is 95.6 Å². The quantitative estimate of drug-likeness (QED) is 0.435. The summed E-state index contributed by atoms with van der Waals surface area (Å²) in [5, 5.41) is 2.89. The summed E-state index contributed by atoms with van der Waals surface area (Å²) in [6.45, 7) is 8.54. The highest BCUT2D eigenvalue weighted by molar-refractivity contribution is 7.89. The number of halogens is 1. The molecular formula is C26H36FN3O4S. The van der Waals surface area contributed by atoms with Crippen molar-refractivity contribution in [3.63, 3.8) is 0 Å². The number of amides is 2. The molecule has 0 fully saturated rings. The van der Waals surface area contributed by atoms with Crippen molar-refractivity contribution in [2.75, 3.05) is 13.1 Å². The van der Waals surface area contributed by atoms with E-state index in [0.29, 0.717) is 25.4 Å². The third kappa shape index (κ3) is 9.07. The Kier molecular flexibility index (Phi) is 10.9. The SMILES string of the molecule is CCNS(=O)(=O)c1ccc(CCC(=O)N(Cc2ccc(F)cc2)C(C)C(=O)NCCC(C)C)cc1. The molecule has 0 spiro atoms. The van der Waals surface area contributed by atoms with Gasteiger partial charge in [0.25, 0.3) is 0 Å². The maximum Gasteiger partial charge on any atom is 0.242 e. The van der Waals surface area contributed by atoms with E-state index in [1.165, 1.54) is 29.2 Å². The molecule has 1 atom stereocenters. The van der Waals surface area contributed by atoms with E-state index in [0.717, 1.165) is 17.5 Å². The van der Waals surface area contributed by atoms with Crippen molar-refractivity contribution >= 4 is 21.8 Å². The predicted molar refractivity (Wildman–Crippen MR) is 135 cm³/mol. The zero-order valence-corrected chi connectivity index (χ0v) is 21.7. The van der Waals surface area contributed by atoms with Crippen LogP contribution >= 0.6 is 0 Å². The number of nitrogens with one attached hydrogen (secondary N) is 2. The molecule has 1 unspecified atom stereocenters. The van der Waals surface area contributed by atoms with Crippen molar-refractivity contribution in [1.82, 2.24) is 14.9 Å². The van der Waals surface area contributed by atoms with Crippen molar-refractivity contribution in [3.8, 4) is 0 Å². The van der Waals surface area contributed by atoms with Crippen LogP contribution in [0.3, 0.4) is 0 Å². The summed E-state index contributed by atoms with van der Waals surface area (Å²) in [7, 11) is -3.54. The van der Waals surface area contributed by atoms with Crippen LogP contribution in [0, 0.1) is 11.7 Å². The molecule has 2 amide bonds. The lowest BCUT2D eigenvalue weighted by atomic mass is 10.1. The molecule has 35 heavy (non-hydrogen) atoms. The third-order valence-electron chi connectivity index (χ3n) is 5.65. The molecule has 2 aromatic carbocycles. The first-order valence-electron chi connectivity index (χ1n) is 11.9. The van der Waals surface area contributed by atoms with Crippen LogP contribution in [0.2, 0.25) is 0 Å². The van der Waals surface area contributed by atoms with Gasteiger partial charge in [-0.1, -0.05) is 45.0 Å². The number of hydrogen-bond donors (Lipinski definition) is 2. The van der Waals surface area contributed by atoms with Gasteiger partial charge in [0.15, 0.2) is 0 Å². The average Bonchev–Trinajstić information content (AvgIpc) is 2.81. The van der Waals surface area contributed by atoms with Crippen LogP contribution in [-0.4, -0.2) is 44.3 Å². The minimum absolute atomic E-state index is 0.143. The van der Waals surface area contributed by atoms with E-state index in [1.54, 1.807) is 38.1 Å². The van der Waals surface area contributed by atoms with E-state index in [1.807, 2.05) is 0 Å². The highest BCUT2D eigenvalue weighted by atomic mass is 32.2. The maximum absolute atomic E-state index is 13.3. The van der Waals surface area contributed by atoms with Gasteiger partial charge in [0.05, 0.1) is 4.90 Å². The maximum atomic E-state index is 13.3. The number of rotatable bonds is 13. The number of hydrogen-bond acceptors (Lipinski definition) is 4. The second kappa shape index (κ2) is 13.3. The molecule has 0 saturated carbocycles. The van der Waals surface area contributed by atoms with E-state index in [-0.39, 0.29) is 35.5 Å². The molecule has 0 saturated heterocycles. The molecule has 0 aliphatic carbocycles. The van der Waals surface area contributed by atoms with Gasteiger partial charge >= 0.3 is 0 Å². The number of carbonyl (C=O) groups excluding carboxylic acids is 2. The third-order valence-corrected chi connectivity index (χ3v) is 7.21. The highest BCUT2D eigenvalue weighted by Gasteiger charge is 2.26. The van der Waals surface area contributed by atoms with Crippen molar-refractivity contribution in [2.45, 2.75) is 64.4 Å². The van der Waals surface area contributed by atoms with E-state index in [2.05, 4.69) is 23.9 Å². The average molecular weight is 506 g/mol. The minimum atomic E-state index is -3.54. The summed E-state index contributed by atoms with van der Waals surface area (Å²) in [6.07, 6.45) is 1.37. The van der Waals surface area contributed by atoms with Gasteiger partial charge in [-0.2, -0.15) is 0 Å². The molecule has 0 bridgehead atoms. The van der Waals surface area contributed by atoms with Gasteiger partial charge in [-0.3, -0.25) is 9.59 Å². The number of benzene rings is 2. The van der Waals surface area contributed by atoms with Crippen LogP contribution in [0.5, 0.6) is 0 Å². The molecule has 2 N–H and O–H groups in total. The monoisotopic (exact) mass is 505 g/mol. The zero-order chi connectivity index (χ0) is 26.0. The molecule has 2 rings (SSSR count). The number of nitrogens with zero attached hydrogens (tertiary/aromatic N) is 1. The normalized spacial score (nSPS) is 12.4. The van der Waals surface area contributed by atoms with Crippen LogP contribution < -0.4 is 10.0 Å². The Hall–Kier alpha value is -2.78. The van der Waals surface area contributed by atoms with Gasteiger partial charge in [-0.05, 0) is 61.1 Å². The largest absolute Gasteiger partial charge is 0.354 e. The summed E-state index contributed by atoms with van der Waals surface area (Å²) < 4.78 is 40.0. The van der Waals surface area contributed by atoms with E-state index >= 15 is 0 Å². The Labute approximate surface area is 208 Å². The number of sulfonamides is 1. The fraction of sp³-hybridized carbons (Fsp3) is 0.462. The number of carbonyl (C=O) groups is 2. The molecule has 0 aromatic heterocycles. The Morgan fingerprint density at radius 1 is 0.971 bits per heavy atom. The first-order valence-corrected chi connectivity index (χ1v) is 13.4. The first-order chi connectivity index (χ1) is 16.5. The van der Waals surface area contributed by atoms with Crippen LogP contribution in [0.1, 0.15) is 51.7 Å². The minimum Gasteiger partial charge on any atom is -0.354 e. The lowest BCUT2D eigenvalue weighted by Gasteiger charge is -2.29. The summed E-state index contributed by atoms with van der Waals surface area (Å²) in [5.74, 6) is -0.378. The summed E-state index contributed by atoms with van der Waals surface area (Å²) in [6, 6.07) is 11.5. The van der Waals surface area contributed by atoms with Gasteiger partial charge in [0, 0.05) is 26.1 Å². The Balaban J connectivity index is 2.10. The molecular weight excluding hydrogens is 469 g/mol. The Morgan fingerprint density at radius 3 is 2.14 bits per heavy atom. The smallest absolute Gasteiger partial charge is 0.242 e. The van der Waals surface area contributed by atoms with E-state index in [4.69, 9.17) is 0 Å². The molecule has 7 nitrogen and oxygen atoms in total. The first kappa shape index (κ1) is 28.5. The summed E-state index contributed by atoms with van der Waals surface area (Å²) >= 11 is 0. The molecule has 2 aromatic rings. The lowest BCUT2D eigenvalue weighted by molar-refractivity contribution is -0.140. The van der Waals surface area contributed by atoms with Crippen LogP contribution in [0.4, 0.5) is 4.39 Å². The van der Waals surface area contributed by atoms with Crippen molar-refractivity contribution in [3.05, 3.63) is 65.5 Å². The van der Waals surface area contributed by atoms with Crippen LogP contribution in [-0.2, 0) is 32.6 Å². The molecule has 0 aliphatic rings.